The van der Waals surface area contributed by atoms with Gasteiger partial charge in [0.1, 0.15) is 17.9 Å². The van der Waals surface area contributed by atoms with Crippen LogP contribution in [0.15, 0.2) is 72.8 Å². The van der Waals surface area contributed by atoms with E-state index in [1.54, 1.807) is 71.6 Å². The van der Waals surface area contributed by atoms with Crippen molar-refractivity contribution < 1.29 is 36.7 Å². The van der Waals surface area contributed by atoms with Crippen molar-refractivity contribution >= 4 is 29.4 Å². The SMILES string of the molecule is O=C(N[C@H](Cc1ccc(Cl)cc1)C(=O)N1CCC(c2ccccc2F)CC1)C1N[C@@H](OC(=O)C(F)(F)F)Cc2ccccc21. The highest BCUT2D eigenvalue weighted by Crippen LogP contribution is 2.31. The Morgan fingerprint density at radius 1 is 0.955 bits per heavy atom. The summed E-state index contributed by atoms with van der Waals surface area (Å²) in [4.78, 5) is 40.8. The van der Waals surface area contributed by atoms with Crippen molar-refractivity contribution in [3.63, 3.8) is 0 Å². The summed E-state index contributed by atoms with van der Waals surface area (Å²) >= 11 is 6.03. The van der Waals surface area contributed by atoms with Crippen molar-refractivity contribution in [2.75, 3.05) is 13.1 Å². The average Bonchev–Trinajstić information content (AvgIpc) is 3.01. The van der Waals surface area contributed by atoms with Gasteiger partial charge in [-0.25, -0.2) is 9.18 Å². The third-order valence-electron chi connectivity index (χ3n) is 7.99. The Balaban J connectivity index is 1.34. The molecule has 2 N–H and O–H groups in total. The van der Waals surface area contributed by atoms with E-state index in [0.717, 1.165) is 5.56 Å². The van der Waals surface area contributed by atoms with Gasteiger partial charge in [0.25, 0.3) is 0 Å². The van der Waals surface area contributed by atoms with Crippen LogP contribution >= 0.6 is 11.6 Å². The van der Waals surface area contributed by atoms with Gasteiger partial charge in [-0.3, -0.25) is 14.9 Å². The molecule has 5 rings (SSSR count). The van der Waals surface area contributed by atoms with Gasteiger partial charge in [0, 0.05) is 31.0 Å². The van der Waals surface area contributed by atoms with Gasteiger partial charge in [-0.15, -0.1) is 0 Å². The van der Waals surface area contributed by atoms with Gasteiger partial charge < -0.3 is 15.0 Å². The fourth-order valence-corrected chi connectivity index (χ4v) is 5.90. The number of nitrogens with zero attached hydrogens (tertiary/aromatic N) is 1. The first-order chi connectivity index (χ1) is 21.0. The third kappa shape index (κ3) is 7.39. The summed E-state index contributed by atoms with van der Waals surface area (Å²) in [5.41, 5.74) is 2.35. The van der Waals surface area contributed by atoms with Crippen molar-refractivity contribution in [2.45, 2.75) is 56.1 Å². The monoisotopic (exact) mass is 631 g/mol. The Hall–Kier alpha value is -3.96. The van der Waals surface area contributed by atoms with Crippen LogP contribution < -0.4 is 10.6 Å². The lowest BCUT2D eigenvalue weighted by Crippen LogP contribution is -2.55. The van der Waals surface area contributed by atoms with Gasteiger partial charge in [0.05, 0.1) is 0 Å². The Morgan fingerprint density at radius 3 is 2.25 bits per heavy atom. The fourth-order valence-electron chi connectivity index (χ4n) is 5.77. The summed E-state index contributed by atoms with van der Waals surface area (Å²) in [7, 11) is 0. The van der Waals surface area contributed by atoms with Crippen molar-refractivity contribution in [2.24, 2.45) is 0 Å². The Bertz CT molecular complexity index is 1510. The Kier molecular flexibility index (Phi) is 9.55. The molecule has 0 radical (unpaired) electrons. The van der Waals surface area contributed by atoms with Crippen LogP contribution in [0.1, 0.15) is 47.1 Å². The molecule has 2 heterocycles. The number of hydrogen-bond donors (Lipinski definition) is 2. The minimum Gasteiger partial charge on any atom is -0.440 e. The zero-order chi connectivity index (χ0) is 31.4. The predicted octanol–water partition coefficient (Wildman–Crippen LogP) is 5.23. The number of rotatable bonds is 7. The zero-order valence-corrected chi connectivity index (χ0v) is 24.2. The number of halogens is 5. The van der Waals surface area contributed by atoms with E-state index < -0.39 is 36.4 Å². The molecule has 3 aromatic carbocycles. The van der Waals surface area contributed by atoms with Crippen molar-refractivity contribution in [1.82, 2.24) is 15.5 Å². The molecule has 2 aliphatic heterocycles. The highest BCUT2D eigenvalue weighted by atomic mass is 35.5. The van der Waals surface area contributed by atoms with Crippen molar-refractivity contribution in [3.05, 3.63) is 106 Å². The number of ether oxygens (including phenoxy) is 1. The highest BCUT2D eigenvalue weighted by Gasteiger charge is 2.44. The number of nitrogens with one attached hydrogen (secondary N) is 2. The lowest BCUT2D eigenvalue weighted by Gasteiger charge is -2.36. The molecule has 0 aromatic heterocycles. The Morgan fingerprint density at radius 2 is 1.59 bits per heavy atom. The van der Waals surface area contributed by atoms with E-state index in [-0.39, 0.29) is 30.5 Å². The third-order valence-corrected chi connectivity index (χ3v) is 8.24. The molecule has 44 heavy (non-hydrogen) atoms. The molecule has 3 aromatic rings. The van der Waals surface area contributed by atoms with Crippen LogP contribution in [0.25, 0.3) is 0 Å². The maximum Gasteiger partial charge on any atom is 0.490 e. The lowest BCUT2D eigenvalue weighted by molar-refractivity contribution is -0.207. The molecule has 0 saturated carbocycles. The molecular formula is C32H30ClF4N3O4. The van der Waals surface area contributed by atoms with E-state index in [9.17, 15) is 31.9 Å². The molecule has 0 spiro atoms. The van der Waals surface area contributed by atoms with Gasteiger partial charge in [-0.1, -0.05) is 66.2 Å². The van der Waals surface area contributed by atoms with Crippen LogP contribution in [0.3, 0.4) is 0 Å². The first-order valence-electron chi connectivity index (χ1n) is 14.2. The predicted molar refractivity (Wildman–Crippen MR) is 154 cm³/mol. The maximum atomic E-state index is 14.4. The van der Waals surface area contributed by atoms with Crippen LogP contribution in [0.4, 0.5) is 17.6 Å². The van der Waals surface area contributed by atoms with Gasteiger partial charge in [0.2, 0.25) is 11.8 Å². The number of piperidine rings is 1. The van der Waals surface area contributed by atoms with E-state index in [0.29, 0.717) is 47.6 Å². The second-order valence-corrected chi connectivity index (χ2v) is 11.3. The number of likely N-dealkylation sites (tertiary alicyclic amines) is 1. The van der Waals surface area contributed by atoms with E-state index in [1.807, 2.05) is 0 Å². The molecule has 1 fully saturated rings. The molecule has 7 nitrogen and oxygen atoms in total. The van der Waals surface area contributed by atoms with E-state index in [4.69, 9.17) is 11.6 Å². The Labute approximate surface area is 256 Å². The number of fused-ring (bicyclic) bond motifs is 1. The van der Waals surface area contributed by atoms with Crippen LogP contribution in [-0.4, -0.2) is 54.2 Å². The normalized spacial score (nSPS) is 19.5. The number of carbonyl (C=O) groups excluding carboxylic acids is 3. The summed E-state index contributed by atoms with van der Waals surface area (Å²) < 4.78 is 57.8. The number of alkyl halides is 3. The number of carbonyl (C=O) groups is 3. The summed E-state index contributed by atoms with van der Waals surface area (Å²) in [6, 6.07) is 17.8. The molecule has 1 saturated heterocycles. The molecule has 0 aliphatic carbocycles. The quantitative estimate of drug-likeness (QED) is 0.276. The average molecular weight is 632 g/mol. The smallest absolute Gasteiger partial charge is 0.440 e. The van der Waals surface area contributed by atoms with E-state index >= 15 is 0 Å². The molecule has 3 atom stereocenters. The van der Waals surface area contributed by atoms with Crippen LogP contribution in [0.2, 0.25) is 5.02 Å². The molecule has 12 heteroatoms. The summed E-state index contributed by atoms with van der Waals surface area (Å²) in [6.45, 7) is 0.704. The van der Waals surface area contributed by atoms with Crippen LogP contribution in [0.5, 0.6) is 0 Å². The second-order valence-electron chi connectivity index (χ2n) is 10.9. The van der Waals surface area contributed by atoms with Gasteiger partial charge in [-0.05, 0) is 59.2 Å². The van der Waals surface area contributed by atoms with Gasteiger partial charge in [-0.2, -0.15) is 13.2 Å². The molecule has 1 unspecified atom stereocenters. The maximum absolute atomic E-state index is 14.4. The molecule has 0 bridgehead atoms. The van der Waals surface area contributed by atoms with Crippen LogP contribution in [0, 0.1) is 5.82 Å². The minimum absolute atomic E-state index is 0.0520. The van der Waals surface area contributed by atoms with Gasteiger partial charge >= 0.3 is 12.1 Å². The molecule has 232 valence electrons. The largest absolute Gasteiger partial charge is 0.490 e. The van der Waals surface area contributed by atoms with E-state index in [1.165, 1.54) is 6.07 Å². The minimum atomic E-state index is -5.20. The first-order valence-corrected chi connectivity index (χ1v) is 14.6. The van der Waals surface area contributed by atoms with Crippen molar-refractivity contribution in [1.29, 1.82) is 0 Å². The second kappa shape index (κ2) is 13.4. The standard InChI is InChI=1S/C32H30ClF4N3O4/c33-22-11-9-19(10-12-22)17-26(30(42)40-15-13-20(14-16-40)23-6-3-4-8-25(23)34)38-29(41)28-24-7-2-1-5-21(24)18-27(39-28)44-31(43)32(35,36)37/h1-12,20,26-28,39H,13-18H2,(H,38,41)/t26-,27+,28?/m1/s1. The zero-order valence-electron chi connectivity index (χ0n) is 23.5. The summed E-state index contributed by atoms with van der Waals surface area (Å²) in [5.74, 6) is -3.72. The van der Waals surface area contributed by atoms with E-state index in [2.05, 4.69) is 15.4 Å². The summed E-state index contributed by atoms with van der Waals surface area (Å²) in [6.07, 6.45) is -5.50. The number of amides is 2. The summed E-state index contributed by atoms with van der Waals surface area (Å²) in [5, 5.41) is 6.00. The lowest BCUT2D eigenvalue weighted by atomic mass is 9.88. The van der Waals surface area contributed by atoms with Crippen molar-refractivity contribution in [3.8, 4) is 0 Å². The number of esters is 1. The molecular weight excluding hydrogens is 602 g/mol. The topological polar surface area (TPSA) is 87.7 Å². The van der Waals surface area contributed by atoms with Gasteiger partial charge in [0.15, 0.2) is 6.23 Å². The molecule has 2 amide bonds. The fraction of sp³-hybridized carbons (Fsp3) is 0.344. The number of benzene rings is 3. The first kappa shape index (κ1) is 31.5. The molecule has 2 aliphatic rings. The number of hydrogen-bond acceptors (Lipinski definition) is 5. The highest BCUT2D eigenvalue weighted by molar-refractivity contribution is 6.30. The van der Waals surface area contributed by atoms with Crippen LogP contribution in [-0.2, 0) is 32.0 Å².